The van der Waals surface area contributed by atoms with Crippen LogP contribution in [0.4, 0.5) is 5.69 Å². The minimum atomic E-state index is 0.0942. The van der Waals surface area contributed by atoms with Gasteiger partial charge >= 0.3 is 0 Å². The van der Waals surface area contributed by atoms with Crippen LogP contribution in [0, 0.1) is 0 Å². The summed E-state index contributed by atoms with van der Waals surface area (Å²) >= 11 is 3.16. The molecule has 0 aliphatic rings. The Bertz CT molecular complexity index is 349. The van der Waals surface area contributed by atoms with Gasteiger partial charge in [-0.25, -0.2) is 0 Å². The van der Waals surface area contributed by atoms with Crippen molar-refractivity contribution < 1.29 is 4.79 Å². The molecular weight excluding hydrogens is 268 g/mol. The maximum absolute atomic E-state index is 11.4. The van der Waals surface area contributed by atoms with Gasteiger partial charge in [-0.15, -0.1) is 0 Å². The number of hydrogen-bond acceptors (Lipinski definition) is 2. The van der Waals surface area contributed by atoms with Crippen molar-refractivity contribution in [2.45, 2.75) is 6.54 Å². The van der Waals surface area contributed by atoms with Crippen molar-refractivity contribution in [1.82, 2.24) is 4.90 Å². The molecule has 0 heterocycles. The summed E-state index contributed by atoms with van der Waals surface area (Å²) in [4.78, 5) is 15.1. The number of halogens is 1. The van der Waals surface area contributed by atoms with Crippen LogP contribution in [-0.4, -0.2) is 37.3 Å². The molecule has 3 nitrogen and oxygen atoms in total. The van der Waals surface area contributed by atoms with Crippen molar-refractivity contribution in [1.29, 1.82) is 0 Å². The maximum Gasteiger partial charge on any atom is 0.233 e. The van der Waals surface area contributed by atoms with Crippen molar-refractivity contribution >= 4 is 27.5 Å². The second kappa shape index (κ2) is 5.89. The second-order valence-electron chi connectivity index (χ2n) is 3.94. The van der Waals surface area contributed by atoms with E-state index in [1.165, 1.54) is 5.69 Å². The molecule has 0 aliphatic heterocycles. The van der Waals surface area contributed by atoms with E-state index >= 15 is 0 Å². The van der Waals surface area contributed by atoms with E-state index in [0.717, 1.165) is 5.56 Å². The first kappa shape index (κ1) is 13.0. The number of alkyl halides is 1. The van der Waals surface area contributed by atoms with Gasteiger partial charge in [0.05, 0.1) is 5.33 Å². The first-order chi connectivity index (χ1) is 7.54. The van der Waals surface area contributed by atoms with E-state index in [0.29, 0.717) is 11.9 Å². The van der Waals surface area contributed by atoms with Crippen molar-refractivity contribution in [3.8, 4) is 0 Å². The van der Waals surface area contributed by atoms with Gasteiger partial charge in [-0.3, -0.25) is 4.79 Å². The van der Waals surface area contributed by atoms with E-state index < -0.39 is 0 Å². The van der Waals surface area contributed by atoms with Crippen molar-refractivity contribution in [2.75, 3.05) is 31.4 Å². The highest BCUT2D eigenvalue weighted by atomic mass is 79.9. The predicted octanol–water partition coefficient (Wildman–Crippen LogP) is 2.11. The van der Waals surface area contributed by atoms with Crippen LogP contribution in [-0.2, 0) is 11.3 Å². The van der Waals surface area contributed by atoms with Crippen LogP contribution in [0.1, 0.15) is 5.56 Å². The minimum absolute atomic E-state index is 0.0942. The molecule has 88 valence electrons. The van der Waals surface area contributed by atoms with E-state index in [-0.39, 0.29) is 5.91 Å². The quantitative estimate of drug-likeness (QED) is 0.791. The van der Waals surface area contributed by atoms with Gasteiger partial charge in [-0.2, -0.15) is 0 Å². The molecule has 0 saturated carbocycles. The number of rotatable bonds is 4. The lowest BCUT2D eigenvalue weighted by molar-refractivity contribution is -0.127. The van der Waals surface area contributed by atoms with Gasteiger partial charge in [0, 0.05) is 33.4 Å². The third-order valence-corrected chi connectivity index (χ3v) is 2.89. The molecule has 1 rings (SSSR count). The van der Waals surface area contributed by atoms with Gasteiger partial charge in [0.2, 0.25) is 5.91 Å². The van der Waals surface area contributed by atoms with Crippen LogP contribution in [0.2, 0.25) is 0 Å². The molecule has 0 unspecified atom stereocenters. The Morgan fingerprint density at radius 3 is 2.19 bits per heavy atom. The standard InChI is InChI=1S/C12H17BrN2O/c1-14(2)11-6-4-10(5-7-11)9-15(3)12(16)8-13/h4-7H,8-9H2,1-3H3. The number of benzene rings is 1. The highest BCUT2D eigenvalue weighted by Gasteiger charge is 2.07. The molecule has 1 aromatic rings. The van der Waals surface area contributed by atoms with Crippen molar-refractivity contribution in [3.05, 3.63) is 29.8 Å². The fourth-order valence-electron chi connectivity index (χ4n) is 1.36. The summed E-state index contributed by atoms with van der Waals surface area (Å²) in [6.07, 6.45) is 0. The second-order valence-corrected chi connectivity index (χ2v) is 4.51. The van der Waals surface area contributed by atoms with E-state index in [1.807, 2.05) is 33.3 Å². The Hall–Kier alpha value is -1.03. The molecule has 1 amide bonds. The monoisotopic (exact) mass is 284 g/mol. The number of carbonyl (C=O) groups excluding carboxylic acids is 1. The van der Waals surface area contributed by atoms with Crippen LogP contribution < -0.4 is 4.90 Å². The normalized spacial score (nSPS) is 10.0. The average Bonchev–Trinajstić information content (AvgIpc) is 2.28. The highest BCUT2D eigenvalue weighted by molar-refractivity contribution is 9.09. The van der Waals surface area contributed by atoms with Crippen LogP contribution in [0.3, 0.4) is 0 Å². The molecular formula is C12H17BrN2O. The first-order valence-corrected chi connectivity index (χ1v) is 6.23. The SMILES string of the molecule is CN(Cc1ccc(N(C)C)cc1)C(=O)CBr. The Labute approximate surface area is 105 Å². The summed E-state index contributed by atoms with van der Waals surface area (Å²) in [5.74, 6) is 0.0942. The summed E-state index contributed by atoms with van der Waals surface area (Å²) in [7, 11) is 5.83. The van der Waals surface area contributed by atoms with Crippen molar-refractivity contribution in [3.63, 3.8) is 0 Å². The van der Waals surface area contributed by atoms with Crippen LogP contribution in [0.15, 0.2) is 24.3 Å². The number of nitrogens with zero attached hydrogens (tertiary/aromatic N) is 2. The lowest BCUT2D eigenvalue weighted by atomic mass is 10.2. The number of amides is 1. The van der Waals surface area contributed by atoms with E-state index in [9.17, 15) is 4.79 Å². The smallest absolute Gasteiger partial charge is 0.233 e. The lowest BCUT2D eigenvalue weighted by Gasteiger charge is -2.17. The molecule has 0 fully saturated rings. The maximum atomic E-state index is 11.4. The van der Waals surface area contributed by atoms with Gasteiger partial charge in [0.15, 0.2) is 0 Å². The lowest BCUT2D eigenvalue weighted by Crippen LogP contribution is -2.26. The van der Waals surface area contributed by atoms with Crippen LogP contribution in [0.25, 0.3) is 0 Å². The zero-order valence-electron chi connectivity index (χ0n) is 9.90. The third kappa shape index (κ3) is 3.52. The van der Waals surface area contributed by atoms with Gasteiger partial charge < -0.3 is 9.80 Å². The molecule has 0 aliphatic carbocycles. The fourth-order valence-corrected chi connectivity index (χ4v) is 1.79. The zero-order chi connectivity index (χ0) is 12.1. The molecule has 4 heteroatoms. The number of carbonyl (C=O) groups is 1. The largest absolute Gasteiger partial charge is 0.378 e. The van der Waals surface area contributed by atoms with E-state index in [4.69, 9.17) is 0 Å². The average molecular weight is 285 g/mol. The predicted molar refractivity (Wildman–Crippen MR) is 71.0 cm³/mol. The molecule has 0 spiro atoms. The fraction of sp³-hybridized carbons (Fsp3) is 0.417. The van der Waals surface area contributed by atoms with Crippen LogP contribution in [0.5, 0.6) is 0 Å². The summed E-state index contributed by atoms with van der Waals surface area (Å²) in [6.45, 7) is 0.651. The topological polar surface area (TPSA) is 23.6 Å². The highest BCUT2D eigenvalue weighted by Crippen LogP contribution is 2.13. The van der Waals surface area contributed by atoms with E-state index in [2.05, 4.69) is 33.0 Å². The molecule has 0 radical (unpaired) electrons. The van der Waals surface area contributed by atoms with Gasteiger partial charge in [-0.05, 0) is 17.7 Å². The Morgan fingerprint density at radius 2 is 1.75 bits per heavy atom. The Morgan fingerprint density at radius 1 is 1.19 bits per heavy atom. The Balaban J connectivity index is 2.65. The Kier molecular flexibility index (Phi) is 4.80. The molecule has 0 saturated heterocycles. The number of hydrogen-bond donors (Lipinski definition) is 0. The van der Waals surface area contributed by atoms with Gasteiger partial charge in [0.25, 0.3) is 0 Å². The van der Waals surface area contributed by atoms with Gasteiger partial charge in [0.1, 0.15) is 0 Å². The molecule has 0 aromatic heterocycles. The first-order valence-electron chi connectivity index (χ1n) is 5.10. The molecule has 1 aromatic carbocycles. The summed E-state index contributed by atoms with van der Waals surface area (Å²) in [5, 5.41) is 0.374. The number of anilines is 1. The summed E-state index contributed by atoms with van der Waals surface area (Å²) in [6, 6.07) is 8.21. The van der Waals surface area contributed by atoms with Crippen LogP contribution >= 0.6 is 15.9 Å². The molecule has 0 bridgehead atoms. The van der Waals surface area contributed by atoms with Gasteiger partial charge in [-0.1, -0.05) is 28.1 Å². The third-order valence-electron chi connectivity index (χ3n) is 2.41. The summed E-state index contributed by atoms with van der Waals surface area (Å²) < 4.78 is 0. The van der Waals surface area contributed by atoms with E-state index in [1.54, 1.807) is 4.90 Å². The molecule has 16 heavy (non-hydrogen) atoms. The zero-order valence-corrected chi connectivity index (χ0v) is 11.5. The summed E-state index contributed by atoms with van der Waals surface area (Å²) in [5.41, 5.74) is 2.31. The molecule has 0 N–H and O–H groups in total. The van der Waals surface area contributed by atoms with Crippen molar-refractivity contribution in [2.24, 2.45) is 0 Å². The minimum Gasteiger partial charge on any atom is -0.378 e. The molecule has 0 atom stereocenters.